The smallest absolute Gasteiger partial charge is 0.252 e. The van der Waals surface area contributed by atoms with Gasteiger partial charge in [-0.15, -0.1) is 22.7 Å². The molecular formula is C23H26N6O2S3. The first-order chi connectivity index (χ1) is 16.4. The van der Waals surface area contributed by atoms with Crippen molar-refractivity contribution >= 4 is 48.7 Å². The van der Waals surface area contributed by atoms with Crippen LogP contribution < -0.4 is 5.32 Å². The van der Waals surface area contributed by atoms with E-state index in [0.29, 0.717) is 30.4 Å². The molecule has 0 amide bonds. The average molecular weight is 515 g/mol. The van der Waals surface area contributed by atoms with Crippen molar-refractivity contribution < 1.29 is 8.42 Å². The minimum atomic E-state index is -3.51. The molecule has 8 nitrogen and oxygen atoms in total. The van der Waals surface area contributed by atoms with E-state index in [0.717, 1.165) is 38.7 Å². The molecule has 34 heavy (non-hydrogen) atoms. The summed E-state index contributed by atoms with van der Waals surface area (Å²) < 4.78 is 29.4. The quantitative estimate of drug-likeness (QED) is 0.400. The maximum absolute atomic E-state index is 13.2. The Hall–Kier alpha value is -2.44. The highest BCUT2D eigenvalue weighted by molar-refractivity contribution is 7.91. The molecular weight excluding hydrogens is 488 g/mol. The third kappa shape index (κ3) is 4.71. The summed E-state index contributed by atoms with van der Waals surface area (Å²) >= 11 is 2.93. The Labute approximate surface area is 207 Å². The number of rotatable bonds is 7. The second-order valence-electron chi connectivity index (χ2n) is 8.40. The van der Waals surface area contributed by atoms with Crippen molar-refractivity contribution in [1.82, 2.24) is 24.2 Å². The summed E-state index contributed by atoms with van der Waals surface area (Å²) in [6, 6.07) is 9.34. The van der Waals surface area contributed by atoms with Crippen LogP contribution in [0.4, 0.5) is 5.82 Å². The second kappa shape index (κ2) is 9.67. The summed E-state index contributed by atoms with van der Waals surface area (Å²) in [4.78, 5) is 16.3. The molecule has 1 N–H and O–H groups in total. The predicted molar refractivity (Wildman–Crippen MR) is 138 cm³/mol. The third-order valence-corrected chi connectivity index (χ3v) is 10.4. The van der Waals surface area contributed by atoms with Gasteiger partial charge in [-0.1, -0.05) is 6.07 Å². The van der Waals surface area contributed by atoms with E-state index in [9.17, 15) is 8.42 Å². The van der Waals surface area contributed by atoms with Crippen molar-refractivity contribution in [3.63, 3.8) is 0 Å². The Morgan fingerprint density at radius 3 is 2.68 bits per heavy atom. The molecule has 5 rings (SSSR count). The van der Waals surface area contributed by atoms with Crippen LogP contribution in [0.1, 0.15) is 12.5 Å². The van der Waals surface area contributed by atoms with Gasteiger partial charge in [0.15, 0.2) is 0 Å². The molecule has 1 atom stereocenters. The van der Waals surface area contributed by atoms with Crippen LogP contribution in [0.15, 0.2) is 52.4 Å². The minimum Gasteiger partial charge on any atom is -0.365 e. The van der Waals surface area contributed by atoms with Crippen LogP contribution in [0.2, 0.25) is 0 Å². The lowest BCUT2D eigenvalue weighted by Crippen LogP contribution is -2.50. The van der Waals surface area contributed by atoms with E-state index in [1.54, 1.807) is 34.2 Å². The van der Waals surface area contributed by atoms with Gasteiger partial charge < -0.3 is 5.32 Å². The number of piperazine rings is 1. The molecule has 5 heterocycles. The van der Waals surface area contributed by atoms with E-state index in [1.165, 1.54) is 11.3 Å². The van der Waals surface area contributed by atoms with Gasteiger partial charge in [0.05, 0.1) is 20.8 Å². The van der Waals surface area contributed by atoms with E-state index in [4.69, 9.17) is 0 Å². The van der Waals surface area contributed by atoms with Gasteiger partial charge in [0, 0.05) is 45.0 Å². The zero-order chi connectivity index (χ0) is 23.7. The van der Waals surface area contributed by atoms with Crippen LogP contribution in [0, 0.1) is 6.92 Å². The van der Waals surface area contributed by atoms with Crippen molar-refractivity contribution in [3.05, 3.63) is 53.8 Å². The van der Waals surface area contributed by atoms with Crippen LogP contribution in [0.3, 0.4) is 0 Å². The Bertz CT molecular complexity index is 1380. The van der Waals surface area contributed by atoms with Crippen molar-refractivity contribution in [2.45, 2.75) is 24.1 Å². The van der Waals surface area contributed by atoms with E-state index in [1.807, 2.05) is 24.3 Å². The first-order valence-electron chi connectivity index (χ1n) is 11.1. The van der Waals surface area contributed by atoms with Gasteiger partial charge in [-0.3, -0.25) is 9.88 Å². The fourth-order valence-electron chi connectivity index (χ4n) is 4.12. The summed E-state index contributed by atoms with van der Waals surface area (Å²) in [5, 5.41) is 5.61. The Morgan fingerprint density at radius 2 is 1.91 bits per heavy atom. The van der Waals surface area contributed by atoms with Crippen LogP contribution in [-0.4, -0.2) is 71.3 Å². The molecule has 1 fully saturated rings. The van der Waals surface area contributed by atoms with E-state index < -0.39 is 10.0 Å². The van der Waals surface area contributed by atoms with Gasteiger partial charge >= 0.3 is 0 Å². The number of sulfonamides is 1. The zero-order valence-electron chi connectivity index (χ0n) is 19.0. The molecule has 0 aliphatic carbocycles. The SMILES string of the molecule is Cc1csc2c(N[C@@H](C)CN3CCN(S(=O)(=O)c4ccc(-c5ccccn5)s4)CC3)ncnc12. The van der Waals surface area contributed by atoms with E-state index >= 15 is 0 Å². The summed E-state index contributed by atoms with van der Waals surface area (Å²) in [5.74, 6) is 0.859. The van der Waals surface area contributed by atoms with Crippen LogP contribution in [-0.2, 0) is 10.0 Å². The number of thiophene rings is 2. The number of anilines is 1. The standard InChI is InChI=1S/C23H26N6O2S3/c1-16-14-32-22-21(16)25-15-26-23(22)27-17(2)13-28-9-11-29(12-10-28)34(30,31)20-7-6-19(33-20)18-5-3-4-8-24-18/h3-8,14-15,17H,9-13H2,1-2H3,(H,25,26,27)/t17-/m0/s1. The lowest BCUT2D eigenvalue weighted by molar-refractivity contribution is 0.184. The van der Waals surface area contributed by atoms with Gasteiger partial charge in [-0.25, -0.2) is 18.4 Å². The second-order valence-corrected chi connectivity index (χ2v) is 12.5. The summed E-state index contributed by atoms with van der Waals surface area (Å²) in [7, 11) is -3.51. The van der Waals surface area contributed by atoms with Crippen LogP contribution >= 0.6 is 22.7 Å². The Balaban J connectivity index is 1.19. The van der Waals surface area contributed by atoms with Crippen molar-refractivity contribution in [3.8, 4) is 10.6 Å². The maximum atomic E-state index is 13.2. The fourth-order valence-corrected chi connectivity index (χ4v) is 7.94. The number of nitrogens with zero attached hydrogens (tertiary/aromatic N) is 5. The number of pyridine rings is 1. The highest BCUT2D eigenvalue weighted by Gasteiger charge is 2.30. The van der Waals surface area contributed by atoms with Gasteiger partial charge in [0.2, 0.25) is 0 Å². The molecule has 4 aromatic heterocycles. The van der Waals surface area contributed by atoms with Gasteiger partial charge in [0.1, 0.15) is 16.4 Å². The largest absolute Gasteiger partial charge is 0.365 e. The number of aromatic nitrogens is 3. The average Bonchev–Trinajstić information content (AvgIpc) is 3.49. The van der Waals surface area contributed by atoms with E-state index in [-0.39, 0.29) is 6.04 Å². The highest BCUT2D eigenvalue weighted by Crippen LogP contribution is 2.32. The zero-order valence-corrected chi connectivity index (χ0v) is 21.5. The first kappa shape index (κ1) is 23.3. The maximum Gasteiger partial charge on any atom is 0.252 e. The number of hydrogen-bond acceptors (Lipinski definition) is 9. The van der Waals surface area contributed by atoms with Crippen LogP contribution in [0.25, 0.3) is 20.8 Å². The van der Waals surface area contributed by atoms with E-state index in [2.05, 4.69) is 44.4 Å². The monoisotopic (exact) mass is 514 g/mol. The van der Waals surface area contributed by atoms with Crippen LogP contribution in [0.5, 0.6) is 0 Å². The Morgan fingerprint density at radius 1 is 1.09 bits per heavy atom. The highest BCUT2D eigenvalue weighted by atomic mass is 32.2. The van der Waals surface area contributed by atoms with Crippen molar-refractivity contribution in [2.24, 2.45) is 0 Å². The fraction of sp³-hybridized carbons (Fsp3) is 0.348. The molecule has 0 aromatic carbocycles. The normalized spacial score (nSPS) is 16.6. The van der Waals surface area contributed by atoms with Gasteiger partial charge in [0.25, 0.3) is 10.0 Å². The molecule has 11 heteroatoms. The minimum absolute atomic E-state index is 0.168. The Kier molecular flexibility index (Phi) is 6.63. The molecule has 0 bridgehead atoms. The number of fused-ring (bicyclic) bond motifs is 1. The van der Waals surface area contributed by atoms with Gasteiger partial charge in [-0.05, 0) is 49.1 Å². The molecule has 1 aliphatic rings. The van der Waals surface area contributed by atoms with Crippen molar-refractivity contribution in [2.75, 3.05) is 38.0 Å². The molecule has 0 saturated carbocycles. The van der Waals surface area contributed by atoms with Gasteiger partial charge in [-0.2, -0.15) is 4.31 Å². The molecule has 1 saturated heterocycles. The summed E-state index contributed by atoms with van der Waals surface area (Å²) in [5.41, 5.74) is 2.94. The molecule has 0 unspecified atom stereocenters. The molecule has 0 spiro atoms. The number of nitrogens with one attached hydrogen (secondary N) is 1. The topological polar surface area (TPSA) is 91.3 Å². The third-order valence-electron chi connectivity index (χ3n) is 5.87. The lowest BCUT2D eigenvalue weighted by atomic mass is 10.2. The summed E-state index contributed by atoms with van der Waals surface area (Å²) in [6.45, 7) is 7.35. The molecule has 0 radical (unpaired) electrons. The molecule has 1 aliphatic heterocycles. The molecule has 4 aromatic rings. The summed E-state index contributed by atoms with van der Waals surface area (Å²) in [6.07, 6.45) is 3.32. The van der Waals surface area contributed by atoms with Crippen molar-refractivity contribution in [1.29, 1.82) is 0 Å². The predicted octanol–water partition coefficient (Wildman–Crippen LogP) is 3.93. The molecule has 178 valence electrons. The first-order valence-corrected chi connectivity index (χ1v) is 14.2. The lowest BCUT2D eigenvalue weighted by Gasteiger charge is -2.35. The number of aryl methyl sites for hydroxylation is 1. The number of hydrogen-bond donors (Lipinski definition) is 1.